The van der Waals surface area contributed by atoms with E-state index in [1.807, 2.05) is 18.2 Å². The van der Waals surface area contributed by atoms with Gasteiger partial charge in [0.25, 0.3) is 0 Å². The molecule has 5 nitrogen and oxygen atoms in total. The Morgan fingerprint density at radius 3 is 2.21 bits per heavy atom. The van der Waals surface area contributed by atoms with Crippen LogP contribution in [0.3, 0.4) is 0 Å². The Bertz CT molecular complexity index is 387. The van der Waals surface area contributed by atoms with Crippen LogP contribution in [0, 0.1) is 0 Å². The van der Waals surface area contributed by atoms with E-state index in [1.165, 1.54) is 19.8 Å². The van der Waals surface area contributed by atoms with Gasteiger partial charge in [0.05, 0.1) is 19.6 Å². The van der Waals surface area contributed by atoms with E-state index in [4.69, 9.17) is 14.6 Å². The van der Waals surface area contributed by atoms with Crippen molar-refractivity contribution in [2.24, 2.45) is 0 Å². The van der Waals surface area contributed by atoms with Crippen LogP contribution in [0.25, 0.3) is 0 Å². The molecule has 1 atom stereocenters. The van der Waals surface area contributed by atoms with E-state index in [0.29, 0.717) is 6.61 Å². The summed E-state index contributed by atoms with van der Waals surface area (Å²) >= 11 is 0. The van der Waals surface area contributed by atoms with Crippen molar-refractivity contribution in [3.8, 4) is 0 Å². The molecule has 1 N–H and O–H groups in total. The number of allylic oxidation sites excluding steroid dienone is 2. The summed E-state index contributed by atoms with van der Waals surface area (Å²) in [5.41, 5.74) is 0. The number of esters is 2. The molecule has 0 amide bonds. The summed E-state index contributed by atoms with van der Waals surface area (Å²) in [7, 11) is 0. The van der Waals surface area contributed by atoms with Crippen LogP contribution in [-0.2, 0) is 19.1 Å². The summed E-state index contributed by atoms with van der Waals surface area (Å²) in [6.45, 7) is 3.77. The third-order valence-corrected chi connectivity index (χ3v) is 3.27. The molecule has 0 heterocycles. The van der Waals surface area contributed by atoms with Crippen molar-refractivity contribution in [3.05, 3.63) is 24.3 Å². The van der Waals surface area contributed by atoms with E-state index < -0.39 is 0 Å². The van der Waals surface area contributed by atoms with Gasteiger partial charge >= 0.3 is 11.9 Å². The summed E-state index contributed by atoms with van der Waals surface area (Å²) in [5, 5.41) is 8.58. The zero-order chi connectivity index (χ0) is 18.0. The SMILES string of the molecule is CCCCC/C=C\[C@H](/C=C\CCCCOC(=O)CCO)OC(C)=O. The van der Waals surface area contributed by atoms with E-state index in [2.05, 4.69) is 13.0 Å². The second-order valence-electron chi connectivity index (χ2n) is 5.62. The molecule has 0 spiro atoms. The number of rotatable bonds is 14. The number of ether oxygens (including phenoxy) is 2. The molecule has 0 saturated carbocycles. The Labute approximate surface area is 145 Å². The summed E-state index contributed by atoms with van der Waals surface area (Å²) in [6.07, 6.45) is 14.6. The highest BCUT2D eigenvalue weighted by Gasteiger charge is 2.03. The first-order chi connectivity index (χ1) is 11.6. The van der Waals surface area contributed by atoms with Crippen LogP contribution >= 0.6 is 0 Å². The van der Waals surface area contributed by atoms with Gasteiger partial charge in [-0.25, -0.2) is 0 Å². The number of carbonyl (C=O) groups excluding carboxylic acids is 2. The van der Waals surface area contributed by atoms with Crippen molar-refractivity contribution >= 4 is 11.9 Å². The maximum absolute atomic E-state index is 11.1. The fourth-order valence-corrected chi connectivity index (χ4v) is 2.02. The van der Waals surface area contributed by atoms with Crippen molar-refractivity contribution in [1.82, 2.24) is 0 Å². The molecule has 138 valence electrons. The minimum atomic E-state index is -0.365. The standard InChI is InChI=1S/C19H32O5/c1-3-4-5-6-9-12-18(24-17(2)21)13-10-7-8-11-16-23-19(22)14-15-20/h9-10,12-13,18,20H,3-8,11,14-16H2,1-2H3/b12-9-,13-10-/t18-/m1/s1. The molecule has 0 aliphatic carbocycles. The monoisotopic (exact) mass is 340 g/mol. The lowest BCUT2D eigenvalue weighted by Crippen LogP contribution is -2.10. The van der Waals surface area contributed by atoms with Crippen molar-refractivity contribution in [2.75, 3.05) is 13.2 Å². The Morgan fingerprint density at radius 2 is 1.67 bits per heavy atom. The lowest BCUT2D eigenvalue weighted by Gasteiger charge is -2.08. The molecule has 5 heteroatoms. The first-order valence-electron chi connectivity index (χ1n) is 8.87. The molecule has 0 radical (unpaired) electrons. The topological polar surface area (TPSA) is 72.8 Å². The molecule has 0 aromatic rings. The van der Waals surface area contributed by atoms with E-state index in [9.17, 15) is 9.59 Å². The average molecular weight is 340 g/mol. The number of hydrogen-bond donors (Lipinski definition) is 1. The highest BCUT2D eigenvalue weighted by Crippen LogP contribution is 2.05. The largest absolute Gasteiger partial charge is 0.466 e. The van der Waals surface area contributed by atoms with Gasteiger partial charge in [-0.15, -0.1) is 0 Å². The Hall–Kier alpha value is -1.62. The third kappa shape index (κ3) is 15.3. The van der Waals surface area contributed by atoms with Crippen LogP contribution in [0.4, 0.5) is 0 Å². The minimum absolute atomic E-state index is 0.0502. The Morgan fingerprint density at radius 1 is 1.04 bits per heavy atom. The van der Waals surface area contributed by atoms with Crippen LogP contribution in [0.5, 0.6) is 0 Å². The number of hydrogen-bond acceptors (Lipinski definition) is 5. The molecule has 0 bridgehead atoms. The van der Waals surface area contributed by atoms with Crippen molar-refractivity contribution in [1.29, 1.82) is 0 Å². The molecular weight excluding hydrogens is 308 g/mol. The van der Waals surface area contributed by atoms with Gasteiger partial charge in [0.1, 0.15) is 6.10 Å². The van der Waals surface area contributed by atoms with Crippen molar-refractivity contribution in [3.63, 3.8) is 0 Å². The third-order valence-electron chi connectivity index (χ3n) is 3.27. The Balaban J connectivity index is 3.95. The van der Waals surface area contributed by atoms with E-state index in [-0.39, 0.29) is 31.1 Å². The molecule has 0 aliphatic rings. The smallest absolute Gasteiger partial charge is 0.308 e. The number of aliphatic hydroxyl groups is 1. The number of unbranched alkanes of at least 4 members (excludes halogenated alkanes) is 5. The second-order valence-corrected chi connectivity index (χ2v) is 5.62. The summed E-state index contributed by atoms with van der Waals surface area (Å²) in [5.74, 6) is -0.658. The van der Waals surface area contributed by atoms with Gasteiger partial charge in [0.2, 0.25) is 0 Å². The molecule has 0 rings (SSSR count). The van der Waals surface area contributed by atoms with Gasteiger partial charge in [-0.1, -0.05) is 31.9 Å². The lowest BCUT2D eigenvalue weighted by molar-refractivity contribution is -0.144. The van der Waals surface area contributed by atoms with Crippen LogP contribution in [-0.4, -0.2) is 36.4 Å². The maximum atomic E-state index is 11.1. The summed E-state index contributed by atoms with van der Waals surface area (Å²) in [6, 6.07) is 0. The van der Waals surface area contributed by atoms with E-state index in [1.54, 1.807) is 0 Å². The first kappa shape index (κ1) is 22.4. The minimum Gasteiger partial charge on any atom is -0.466 e. The van der Waals surface area contributed by atoms with E-state index in [0.717, 1.165) is 32.1 Å². The first-order valence-corrected chi connectivity index (χ1v) is 8.87. The van der Waals surface area contributed by atoms with Gasteiger partial charge in [0, 0.05) is 6.92 Å². The Kier molecular flexibility index (Phi) is 15.1. The lowest BCUT2D eigenvalue weighted by atomic mass is 10.1. The number of aliphatic hydroxyl groups excluding tert-OH is 1. The molecule has 0 aliphatic heterocycles. The molecular formula is C19H32O5. The summed E-state index contributed by atoms with van der Waals surface area (Å²) < 4.78 is 10.2. The van der Waals surface area contributed by atoms with Crippen molar-refractivity contribution in [2.45, 2.75) is 71.3 Å². The van der Waals surface area contributed by atoms with Crippen molar-refractivity contribution < 1.29 is 24.2 Å². The van der Waals surface area contributed by atoms with E-state index >= 15 is 0 Å². The van der Waals surface area contributed by atoms with Crippen LogP contribution in [0.15, 0.2) is 24.3 Å². The van der Waals surface area contributed by atoms with Crippen LogP contribution < -0.4 is 0 Å². The second kappa shape index (κ2) is 16.2. The molecule has 0 unspecified atom stereocenters. The van der Waals surface area contributed by atoms with Gasteiger partial charge in [-0.2, -0.15) is 0 Å². The predicted octanol–water partition coefficient (Wildman–Crippen LogP) is 3.71. The highest BCUT2D eigenvalue weighted by atomic mass is 16.5. The molecule has 0 saturated heterocycles. The summed E-state index contributed by atoms with van der Waals surface area (Å²) in [4.78, 5) is 22.2. The maximum Gasteiger partial charge on any atom is 0.308 e. The normalized spacial score (nSPS) is 12.6. The molecule has 24 heavy (non-hydrogen) atoms. The fourth-order valence-electron chi connectivity index (χ4n) is 2.02. The zero-order valence-corrected chi connectivity index (χ0v) is 15.0. The van der Waals surface area contributed by atoms with Gasteiger partial charge in [0.15, 0.2) is 0 Å². The molecule has 0 fully saturated rings. The van der Waals surface area contributed by atoms with Gasteiger partial charge in [-0.3, -0.25) is 9.59 Å². The molecule has 0 aromatic heterocycles. The van der Waals surface area contributed by atoms with Gasteiger partial charge in [-0.05, 0) is 44.3 Å². The highest BCUT2D eigenvalue weighted by molar-refractivity contribution is 5.69. The van der Waals surface area contributed by atoms with Crippen LogP contribution in [0.2, 0.25) is 0 Å². The zero-order valence-electron chi connectivity index (χ0n) is 15.0. The average Bonchev–Trinajstić information content (AvgIpc) is 2.53. The van der Waals surface area contributed by atoms with Crippen LogP contribution in [0.1, 0.15) is 65.2 Å². The predicted molar refractivity (Wildman–Crippen MR) is 94.5 cm³/mol. The number of carbonyl (C=O) groups is 2. The fraction of sp³-hybridized carbons (Fsp3) is 0.684. The quantitative estimate of drug-likeness (QED) is 0.296. The molecule has 0 aromatic carbocycles. The van der Waals surface area contributed by atoms with Gasteiger partial charge < -0.3 is 14.6 Å².